The van der Waals surface area contributed by atoms with Crippen LogP contribution in [0.3, 0.4) is 0 Å². The minimum atomic E-state index is 0.165. The zero-order chi connectivity index (χ0) is 15.4. The van der Waals surface area contributed by atoms with Crippen LogP contribution in [-0.4, -0.2) is 28.0 Å². The molecular weight excluding hydrogens is 424 g/mol. The number of aromatic nitrogens is 3. The highest BCUT2D eigenvalue weighted by Crippen LogP contribution is 2.25. The van der Waals surface area contributed by atoms with Crippen molar-refractivity contribution in [3.05, 3.63) is 32.1 Å². The molecule has 1 aromatic heterocycles. The Balaban J connectivity index is 2.31. The molecule has 1 N–H and O–H groups in total. The molecule has 0 radical (unpaired) electrons. The van der Waals surface area contributed by atoms with Crippen LogP contribution in [0.25, 0.3) is 0 Å². The lowest BCUT2D eigenvalue weighted by molar-refractivity contribution is 0.814. The molecule has 5 nitrogen and oxygen atoms in total. The molecule has 1 aromatic carbocycles. The van der Waals surface area contributed by atoms with Gasteiger partial charge < -0.3 is 10.2 Å². The normalized spacial score (nSPS) is 10.5. The van der Waals surface area contributed by atoms with Crippen LogP contribution in [0.15, 0.2) is 18.2 Å². The first-order chi connectivity index (χ1) is 10.0. The Hall–Kier alpha value is -0.860. The molecule has 0 aliphatic rings. The summed E-state index contributed by atoms with van der Waals surface area (Å²) < 4.78 is 0.973. The van der Waals surface area contributed by atoms with Gasteiger partial charge in [0.1, 0.15) is 0 Å². The molecule has 0 saturated carbocycles. The Bertz CT molecular complexity index is 634. The molecule has 8 heteroatoms. The maximum atomic E-state index is 5.99. The minimum Gasteiger partial charge on any atom is -0.341 e. The van der Waals surface area contributed by atoms with E-state index in [1.165, 1.54) is 0 Å². The van der Waals surface area contributed by atoms with Crippen molar-refractivity contribution in [3.8, 4) is 0 Å². The third-order valence-corrected chi connectivity index (χ3v) is 4.12. The monoisotopic (exact) mass is 437 g/mol. The van der Waals surface area contributed by atoms with E-state index >= 15 is 0 Å². The first-order valence-electron chi connectivity index (χ1n) is 6.42. The first kappa shape index (κ1) is 16.5. The van der Waals surface area contributed by atoms with Gasteiger partial charge >= 0.3 is 0 Å². The number of nitrogens with one attached hydrogen (secondary N) is 1. The summed E-state index contributed by atoms with van der Waals surface area (Å²) in [6.07, 6.45) is 0. The first-order valence-corrected chi connectivity index (χ1v) is 8.25. The van der Waals surface area contributed by atoms with Crippen LogP contribution in [0.5, 0.6) is 0 Å². The van der Waals surface area contributed by atoms with Crippen molar-refractivity contribution in [2.24, 2.45) is 0 Å². The Labute approximate surface area is 147 Å². The Morgan fingerprint density at radius 2 is 1.86 bits per heavy atom. The number of nitrogens with zero attached hydrogens (tertiary/aromatic N) is 4. The van der Waals surface area contributed by atoms with Crippen LogP contribution in [0, 0.1) is 3.57 Å². The average Bonchev–Trinajstić information content (AvgIpc) is 2.43. The van der Waals surface area contributed by atoms with E-state index in [1.54, 1.807) is 6.07 Å². The highest BCUT2D eigenvalue weighted by molar-refractivity contribution is 14.1. The molecule has 1 heterocycles. The number of halogens is 3. The zero-order valence-corrected chi connectivity index (χ0v) is 15.2. The number of benzene rings is 1. The van der Waals surface area contributed by atoms with Gasteiger partial charge in [0.25, 0.3) is 0 Å². The van der Waals surface area contributed by atoms with Crippen LogP contribution >= 0.6 is 45.8 Å². The van der Waals surface area contributed by atoms with Gasteiger partial charge in [-0.1, -0.05) is 11.6 Å². The van der Waals surface area contributed by atoms with E-state index in [0.29, 0.717) is 16.9 Å². The Morgan fingerprint density at radius 1 is 1.14 bits per heavy atom. The molecule has 0 unspecified atom stereocenters. The summed E-state index contributed by atoms with van der Waals surface area (Å²) in [6.45, 7) is 5.68. The van der Waals surface area contributed by atoms with Crippen LogP contribution < -0.4 is 10.2 Å². The summed E-state index contributed by atoms with van der Waals surface area (Å²) in [6, 6.07) is 5.54. The predicted octanol–water partition coefficient (Wildman–Crippen LogP) is 4.37. The summed E-state index contributed by atoms with van der Waals surface area (Å²) in [5.74, 6) is 0.976. The Kier molecular flexibility index (Phi) is 5.83. The average molecular weight is 438 g/mol. The lowest BCUT2D eigenvalue weighted by Crippen LogP contribution is -2.24. The van der Waals surface area contributed by atoms with E-state index in [1.807, 2.05) is 30.9 Å². The second-order valence-corrected chi connectivity index (χ2v) is 6.09. The van der Waals surface area contributed by atoms with Crippen LogP contribution in [0.1, 0.15) is 13.8 Å². The van der Waals surface area contributed by atoms with Crippen LogP contribution in [0.4, 0.5) is 17.6 Å². The molecule has 0 bridgehead atoms. The quantitative estimate of drug-likeness (QED) is 0.703. The molecule has 0 fully saturated rings. The second kappa shape index (κ2) is 7.42. The molecule has 0 aliphatic carbocycles. The van der Waals surface area contributed by atoms with Gasteiger partial charge in [-0.3, -0.25) is 0 Å². The van der Waals surface area contributed by atoms with Crippen molar-refractivity contribution in [1.82, 2.24) is 15.0 Å². The summed E-state index contributed by atoms with van der Waals surface area (Å²) in [4.78, 5) is 14.7. The van der Waals surface area contributed by atoms with Gasteiger partial charge in [-0.15, -0.1) is 0 Å². The van der Waals surface area contributed by atoms with E-state index < -0.39 is 0 Å². The van der Waals surface area contributed by atoms with E-state index in [-0.39, 0.29) is 5.28 Å². The van der Waals surface area contributed by atoms with Crippen molar-refractivity contribution in [1.29, 1.82) is 0 Å². The fourth-order valence-corrected chi connectivity index (χ4v) is 2.92. The standard InChI is InChI=1S/C13H14Cl2IN5/c1-3-21(4-2)13-19-11(15)18-12(20-13)17-10-6-5-8(14)7-9(10)16/h5-7H,3-4H2,1-2H3,(H,17,18,19,20). The van der Waals surface area contributed by atoms with Gasteiger partial charge in [-0.05, 0) is 66.2 Å². The lowest BCUT2D eigenvalue weighted by Gasteiger charge is -2.19. The lowest BCUT2D eigenvalue weighted by atomic mass is 10.3. The SMILES string of the molecule is CCN(CC)c1nc(Cl)nc(Nc2ccc(Cl)cc2I)n1. The van der Waals surface area contributed by atoms with E-state index in [9.17, 15) is 0 Å². The third-order valence-electron chi connectivity index (χ3n) is 2.82. The van der Waals surface area contributed by atoms with Gasteiger partial charge in [0, 0.05) is 21.7 Å². The van der Waals surface area contributed by atoms with Crippen LogP contribution in [-0.2, 0) is 0 Å². The van der Waals surface area contributed by atoms with E-state index in [4.69, 9.17) is 23.2 Å². The third kappa shape index (κ3) is 4.31. The van der Waals surface area contributed by atoms with E-state index in [0.717, 1.165) is 22.3 Å². The molecule has 112 valence electrons. The molecule has 21 heavy (non-hydrogen) atoms. The van der Waals surface area contributed by atoms with Crippen LogP contribution in [0.2, 0.25) is 10.3 Å². The van der Waals surface area contributed by atoms with Crippen molar-refractivity contribution < 1.29 is 0 Å². The molecule has 2 aromatic rings. The smallest absolute Gasteiger partial charge is 0.233 e. The molecule has 0 saturated heterocycles. The van der Waals surface area contributed by atoms with E-state index in [2.05, 4.69) is 42.9 Å². The van der Waals surface area contributed by atoms with Gasteiger partial charge in [0.2, 0.25) is 17.2 Å². The molecule has 0 spiro atoms. The van der Waals surface area contributed by atoms with Gasteiger partial charge in [-0.25, -0.2) is 0 Å². The highest BCUT2D eigenvalue weighted by atomic mass is 127. The van der Waals surface area contributed by atoms with Crippen molar-refractivity contribution in [2.45, 2.75) is 13.8 Å². The van der Waals surface area contributed by atoms with Crippen molar-refractivity contribution in [3.63, 3.8) is 0 Å². The predicted molar refractivity (Wildman–Crippen MR) is 95.8 cm³/mol. The minimum absolute atomic E-state index is 0.165. The van der Waals surface area contributed by atoms with Gasteiger partial charge in [0.15, 0.2) is 0 Å². The highest BCUT2D eigenvalue weighted by Gasteiger charge is 2.11. The number of hydrogen-bond acceptors (Lipinski definition) is 5. The largest absolute Gasteiger partial charge is 0.341 e. The number of anilines is 3. The maximum absolute atomic E-state index is 5.99. The molecule has 0 amide bonds. The summed E-state index contributed by atoms with van der Waals surface area (Å²) >= 11 is 14.1. The molecule has 0 atom stereocenters. The maximum Gasteiger partial charge on any atom is 0.233 e. The number of hydrogen-bond donors (Lipinski definition) is 1. The van der Waals surface area contributed by atoms with Gasteiger partial charge in [-0.2, -0.15) is 15.0 Å². The summed E-state index contributed by atoms with van der Waals surface area (Å²) in [7, 11) is 0. The Morgan fingerprint density at radius 3 is 2.48 bits per heavy atom. The fraction of sp³-hybridized carbons (Fsp3) is 0.308. The summed E-state index contributed by atoms with van der Waals surface area (Å²) in [5.41, 5.74) is 0.868. The fourth-order valence-electron chi connectivity index (χ4n) is 1.75. The molecular formula is C13H14Cl2IN5. The van der Waals surface area contributed by atoms with Crippen molar-refractivity contribution in [2.75, 3.05) is 23.3 Å². The topological polar surface area (TPSA) is 53.9 Å². The van der Waals surface area contributed by atoms with Crippen molar-refractivity contribution >= 4 is 63.4 Å². The number of rotatable bonds is 5. The zero-order valence-electron chi connectivity index (χ0n) is 11.6. The summed E-state index contributed by atoms with van der Waals surface area (Å²) in [5, 5.41) is 3.99. The second-order valence-electron chi connectivity index (χ2n) is 4.15. The molecule has 2 rings (SSSR count). The molecule has 0 aliphatic heterocycles. The van der Waals surface area contributed by atoms with Gasteiger partial charge in [0.05, 0.1) is 5.69 Å².